The van der Waals surface area contributed by atoms with Crippen LogP contribution in [-0.2, 0) is 6.54 Å². The lowest BCUT2D eigenvalue weighted by Crippen LogP contribution is -2.16. The number of aromatic carboxylic acids is 1. The molecule has 2 rings (SSSR count). The molecule has 0 unspecified atom stereocenters. The molecule has 0 saturated carbocycles. The lowest BCUT2D eigenvalue weighted by molar-refractivity contribution is 0.0665. The molecule has 0 atom stereocenters. The molecule has 4 nitrogen and oxygen atoms in total. The summed E-state index contributed by atoms with van der Waals surface area (Å²) in [5.41, 5.74) is 1.74. The van der Waals surface area contributed by atoms with Crippen LogP contribution in [0.3, 0.4) is 0 Å². The summed E-state index contributed by atoms with van der Waals surface area (Å²) < 4.78 is 5.20. The third-order valence-corrected chi connectivity index (χ3v) is 3.22. The molecule has 5 heteroatoms. The molecule has 0 radical (unpaired) electrons. The topological polar surface area (TPSA) is 62.5 Å². The summed E-state index contributed by atoms with van der Waals surface area (Å²) in [4.78, 5) is 10.8. The van der Waals surface area contributed by atoms with Gasteiger partial charge in [-0.25, -0.2) is 4.79 Å². The fourth-order valence-electron chi connectivity index (χ4n) is 1.72. The number of fused-ring (bicyclic) bond motifs is 1. The fourth-order valence-corrected chi connectivity index (χ4v) is 2.06. The summed E-state index contributed by atoms with van der Waals surface area (Å²) >= 11 is 1.80. The van der Waals surface area contributed by atoms with Gasteiger partial charge in [-0.2, -0.15) is 11.8 Å². The SMILES string of the molecule is CSCCNCc1ccc2oc(C(=O)O)cc2c1. The van der Waals surface area contributed by atoms with Crippen molar-refractivity contribution in [3.63, 3.8) is 0 Å². The molecular formula is C13H15NO3S. The van der Waals surface area contributed by atoms with E-state index in [-0.39, 0.29) is 5.76 Å². The standard InChI is InChI=1S/C13H15NO3S/c1-18-5-4-14-8-9-2-3-11-10(6-9)7-12(17-11)13(15)16/h2-3,6-7,14H,4-5,8H2,1H3,(H,15,16). The first-order chi connectivity index (χ1) is 8.70. The van der Waals surface area contributed by atoms with Crippen molar-refractivity contribution in [2.24, 2.45) is 0 Å². The molecule has 0 aliphatic heterocycles. The minimum atomic E-state index is -1.04. The predicted molar refractivity (Wildman–Crippen MR) is 73.3 cm³/mol. The molecule has 0 bridgehead atoms. The maximum absolute atomic E-state index is 10.8. The van der Waals surface area contributed by atoms with Gasteiger partial charge >= 0.3 is 5.97 Å². The summed E-state index contributed by atoms with van der Waals surface area (Å²) in [6.45, 7) is 1.75. The number of nitrogens with one attached hydrogen (secondary N) is 1. The van der Waals surface area contributed by atoms with Crippen molar-refractivity contribution in [2.45, 2.75) is 6.54 Å². The predicted octanol–water partition coefficient (Wildman–Crippen LogP) is 2.58. The summed E-state index contributed by atoms with van der Waals surface area (Å²) in [5.74, 6) is 0.0280. The molecule has 2 N–H and O–H groups in total. The first-order valence-electron chi connectivity index (χ1n) is 5.66. The van der Waals surface area contributed by atoms with E-state index < -0.39 is 5.97 Å². The van der Waals surface area contributed by atoms with Crippen molar-refractivity contribution in [2.75, 3.05) is 18.6 Å². The third-order valence-electron chi connectivity index (χ3n) is 2.60. The molecule has 0 saturated heterocycles. The monoisotopic (exact) mass is 265 g/mol. The van der Waals surface area contributed by atoms with Crippen LogP contribution in [0, 0.1) is 0 Å². The van der Waals surface area contributed by atoms with Crippen LogP contribution in [0.5, 0.6) is 0 Å². The molecule has 2 aromatic rings. The van der Waals surface area contributed by atoms with Crippen molar-refractivity contribution in [1.82, 2.24) is 5.32 Å². The van der Waals surface area contributed by atoms with Crippen LogP contribution < -0.4 is 5.32 Å². The van der Waals surface area contributed by atoms with Crippen molar-refractivity contribution >= 4 is 28.7 Å². The van der Waals surface area contributed by atoms with Gasteiger partial charge in [0.15, 0.2) is 0 Å². The highest BCUT2D eigenvalue weighted by Crippen LogP contribution is 2.20. The zero-order valence-corrected chi connectivity index (χ0v) is 10.9. The Kier molecular flexibility index (Phi) is 4.28. The second-order valence-corrected chi connectivity index (χ2v) is 4.94. The van der Waals surface area contributed by atoms with Gasteiger partial charge in [-0.3, -0.25) is 0 Å². The van der Waals surface area contributed by atoms with Crippen molar-refractivity contribution < 1.29 is 14.3 Å². The number of rotatable bonds is 6. The molecule has 1 aromatic carbocycles. The number of hydrogen-bond acceptors (Lipinski definition) is 4. The third kappa shape index (κ3) is 3.05. The summed E-state index contributed by atoms with van der Waals surface area (Å²) in [6.07, 6.45) is 2.08. The van der Waals surface area contributed by atoms with E-state index in [0.717, 1.165) is 29.8 Å². The van der Waals surface area contributed by atoms with E-state index in [9.17, 15) is 4.79 Å². The van der Waals surface area contributed by atoms with Gasteiger partial charge < -0.3 is 14.8 Å². The Hall–Kier alpha value is -1.46. The van der Waals surface area contributed by atoms with E-state index in [0.29, 0.717) is 5.58 Å². The van der Waals surface area contributed by atoms with Crippen LogP contribution in [0.2, 0.25) is 0 Å². The maximum Gasteiger partial charge on any atom is 0.371 e. The van der Waals surface area contributed by atoms with E-state index in [1.807, 2.05) is 18.2 Å². The molecule has 0 fully saturated rings. The van der Waals surface area contributed by atoms with Gasteiger partial charge in [0, 0.05) is 24.2 Å². The lowest BCUT2D eigenvalue weighted by Gasteiger charge is -2.03. The fraction of sp³-hybridized carbons (Fsp3) is 0.308. The normalized spacial score (nSPS) is 10.9. The van der Waals surface area contributed by atoms with E-state index in [4.69, 9.17) is 9.52 Å². The Morgan fingerprint density at radius 1 is 1.44 bits per heavy atom. The first kappa shape index (κ1) is 13.0. The highest BCUT2D eigenvalue weighted by Gasteiger charge is 2.10. The number of carbonyl (C=O) groups is 1. The zero-order chi connectivity index (χ0) is 13.0. The Morgan fingerprint density at radius 3 is 3.00 bits per heavy atom. The number of furan rings is 1. The number of carboxylic acid groups (broad SMARTS) is 1. The molecule has 0 amide bonds. The van der Waals surface area contributed by atoms with Gasteiger partial charge in [-0.1, -0.05) is 6.07 Å². The van der Waals surface area contributed by atoms with Crippen LogP contribution in [0.1, 0.15) is 16.1 Å². The number of thioether (sulfide) groups is 1. The Balaban J connectivity index is 2.09. The number of carboxylic acids is 1. The van der Waals surface area contributed by atoms with Crippen LogP contribution in [0.25, 0.3) is 11.0 Å². The Labute approximate surface area is 109 Å². The van der Waals surface area contributed by atoms with Gasteiger partial charge in [-0.05, 0) is 30.0 Å². The van der Waals surface area contributed by atoms with Gasteiger partial charge in [0.25, 0.3) is 0 Å². The van der Waals surface area contributed by atoms with E-state index in [1.165, 1.54) is 0 Å². The molecule has 0 spiro atoms. The van der Waals surface area contributed by atoms with Gasteiger partial charge in [0.2, 0.25) is 5.76 Å². The Bertz CT molecular complexity index is 550. The summed E-state index contributed by atoms with van der Waals surface area (Å²) in [7, 11) is 0. The number of benzene rings is 1. The summed E-state index contributed by atoms with van der Waals surface area (Å²) in [5, 5.41) is 13.0. The Morgan fingerprint density at radius 2 is 2.28 bits per heavy atom. The maximum atomic E-state index is 10.8. The van der Waals surface area contributed by atoms with E-state index in [1.54, 1.807) is 17.8 Å². The molecule has 96 valence electrons. The second kappa shape index (κ2) is 5.93. The van der Waals surface area contributed by atoms with Crippen LogP contribution in [-0.4, -0.2) is 29.6 Å². The van der Waals surface area contributed by atoms with Crippen LogP contribution >= 0.6 is 11.8 Å². The minimum Gasteiger partial charge on any atom is -0.475 e. The molecule has 0 aliphatic rings. The molecule has 18 heavy (non-hydrogen) atoms. The molecule has 1 aromatic heterocycles. The molecule has 0 aliphatic carbocycles. The molecular weight excluding hydrogens is 250 g/mol. The zero-order valence-electron chi connectivity index (χ0n) is 10.1. The largest absolute Gasteiger partial charge is 0.475 e. The van der Waals surface area contributed by atoms with Crippen LogP contribution in [0.15, 0.2) is 28.7 Å². The van der Waals surface area contributed by atoms with Gasteiger partial charge in [0.1, 0.15) is 5.58 Å². The van der Waals surface area contributed by atoms with Crippen molar-refractivity contribution in [3.05, 3.63) is 35.6 Å². The van der Waals surface area contributed by atoms with E-state index in [2.05, 4.69) is 11.6 Å². The smallest absolute Gasteiger partial charge is 0.371 e. The first-order valence-corrected chi connectivity index (χ1v) is 7.05. The van der Waals surface area contributed by atoms with Crippen molar-refractivity contribution in [3.8, 4) is 0 Å². The summed E-state index contributed by atoms with van der Waals surface area (Å²) in [6, 6.07) is 7.28. The van der Waals surface area contributed by atoms with E-state index >= 15 is 0 Å². The number of hydrogen-bond donors (Lipinski definition) is 2. The minimum absolute atomic E-state index is 0.0162. The second-order valence-electron chi connectivity index (χ2n) is 3.96. The lowest BCUT2D eigenvalue weighted by atomic mass is 10.1. The van der Waals surface area contributed by atoms with Gasteiger partial charge in [0.05, 0.1) is 0 Å². The van der Waals surface area contributed by atoms with Crippen LogP contribution in [0.4, 0.5) is 0 Å². The van der Waals surface area contributed by atoms with Gasteiger partial charge in [-0.15, -0.1) is 0 Å². The quantitative estimate of drug-likeness (QED) is 0.786. The highest BCUT2D eigenvalue weighted by molar-refractivity contribution is 7.98. The highest BCUT2D eigenvalue weighted by atomic mass is 32.2. The van der Waals surface area contributed by atoms with Crippen molar-refractivity contribution in [1.29, 1.82) is 0 Å². The molecule has 1 heterocycles. The average molecular weight is 265 g/mol. The average Bonchev–Trinajstić information content (AvgIpc) is 2.78.